The summed E-state index contributed by atoms with van der Waals surface area (Å²) in [5, 5.41) is 6.09. The summed E-state index contributed by atoms with van der Waals surface area (Å²) >= 11 is 0. The molecule has 0 nitrogen and oxygen atoms in total. The highest BCUT2D eigenvalue weighted by Crippen LogP contribution is 2.42. The van der Waals surface area contributed by atoms with Crippen molar-refractivity contribution in [2.45, 2.75) is 18.3 Å². The first-order valence-electron chi connectivity index (χ1n) is 13.0. The van der Waals surface area contributed by atoms with E-state index >= 15 is 0 Å². The second kappa shape index (κ2) is 10.7. The van der Waals surface area contributed by atoms with E-state index in [1.807, 2.05) is 0 Å². The van der Waals surface area contributed by atoms with E-state index < -0.39 is 16.1 Å². The van der Waals surface area contributed by atoms with Crippen LogP contribution in [0.1, 0.15) is 5.56 Å². The summed E-state index contributed by atoms with van der Waals surface area (Å²) in [7, 11) is -4.83. The Balaban J connectivity index is 1.89. The van der Waals surface area contributed by atoms with Crippen molar-refractivity contribution in [2.75, 3.05) is 0 Å². The average molecular weight is 511 g/mol. The third kappa shape index (κ3) is 4.59. The van der Waals surface area contributed by atoms with Gasteiger partial charge < -0.3 is 0 Å². The van der Waals surface area contributed by atoms with Crippen molar-refractivity contribution in [3.05, 3.63) is 164 Å². The van der Waals surface area contributed by atoms with Gasteiger partial charge in [-0.15, -0.1) is 0 Å². The zero-order valence-corrected chi connectivity index (χ0v) is 23.7. The lowest BCUT2D eigenvalue weighted by Crippen LogP contribution is -2.72. The summed E-state index contributed by atoms with van der Waals surface area (Å²) in [6.07, 6.45) is 0. The summed E-state index contributed by atoms with van der Waals surface area (Å²) < 4.78 is 0. The number of rotatable bonds is 8. The van der Waals surface area contributed by atoms with E-state index in [1.165, 1.54) is 31.9 Å². The Bertz CT molecular complexity index is 1260. The molecule has 37 heavy (non-hydrogen) atoms. The Morgan fingerprint density at radius 2 is 0.676 bits per heavy atom. The zero-order valence-electron chi connectivity index (χ0n) is 21.7. The standard InChI is InChI=1S/C35H34Si2/c1-29(30-19-9-4-10-20-30)35(36(2,31-21-11-5-12-22-31)32-23-13-6-14-24-32)37(3,33-25-15-7-16-26-33)34-27-17-8-18-28-34/h4-28,35H,1H2,2-3H3. The van der Waals surface area contributed by atoms with Gasteiger partial charge in [0, 0.05) is 0 Å². The summed E-state index contributed by atoms with van der Waals surface area (Å²) in [5.41, 5.74) is 2.49. The van der Waals surface area contributed by atoms with E-state index in [9.17, 15) is 0 Å². The van der Waals surface area contributed by atoms with Gasteiger partial charge in [0.25, 0.3) is 0 Å². The highest BCUT2D eigenvalue weighted by Gasteiger charge is 2.53. The minimum Gasteiger partial charge on any atom is -0.0955 e. The van der Waals surface area contributed by atoms with E-state index in [0.29, 0.717) is 0 Å². The third-order valence-corrected chi connectivity index (χ3v) is 20.7. The molecule has 0 spiro atoms. The predicted molar refractivity (Wildman–Crippen MR) is 167 cm³/mol. The molecule has 0 radical (unpaired) electrons. The predicted octanol–water partition coefficient (Wildman–Crippen LogP) is 6.40. The Hall–Kier alpha value is -3.73. The molecule has 5 aromatic carbocycles. The van der Waals surface area contributed by atoms with Crippen LogP contribution in [0.15, 0.2) is 158 Å². The second-order valence-electron chi connectivity index (χ2n) is 10.2. The van der Waals surface area contributed by atoms with Crippen LogP contribution in [0, 0.1) is 0 Å². The molecule has 0 aliphatic rings. The monoisotopic (exact) mass is 510 g/mol. The SMILES string of the molecule is C=C(c1ccccc1)C([Si](C)(c1ccccc1)c1ccccc1)[Si](C)(c1ccccc1)c1ccccc1. The van der Waals surface area contributed by atoms with Gasteiger partial charge in [-0.3, -0.25) is 0 Å². The van der Waals surface area contributed by atoms with Gasteiger partial charge in [0.05, 0.1) is 0 Å². The van der Waals surface area contributed by atoms with Crippen LogP contribution in [-0.4, -0.2) is 16.1 Å². The van der Waals surface area contributed by atoms with Crippen LogP contribution in [0.2, 0.25) is 18.3 Å². The minimum absolute atomic E-state index is 0.275. The van der Waals surface area contributed by atoms with E-state index in [1.54, 1.807) is 0 Å². The highest BCUT2D eigenvalue weighted by molar-refractivity contribution is 7.19. The molecule has 0 saturated heterocycles. The van der Waals surface area contributed by atoms with Crippen molar-refractivity contribution < 1.29 is 0 Å². The van der Waals surface area contributed by atoms with Crippen molar-refractivity contribution in [3.8, 4) is 0 Å². The maximum atomic E-state index is 4.93. The van der Waals surface area contributed by atoms with Crippen LogP contribution < -0.4 is 20.7 Å². The first kappa shape index (κ1) is 24.9. The Labute approximate surface area is 224 Å². The lowest BCUT2D eigenvalue weighted by molar-refractivity contribution is 1.37. The first-order valence-corrected chi connectivity index (χ1v) is 18.2. The summed E-state index contributed by atoms with van der Waals surface area (Å²) in [4.78, 5) is 0. The molecule has 0 aromatic heterocycles. The van der Waals surface area contributed by atoms with Gasteiger partial charge in [-0.25, -0.2) is 0 Å². The van der Waals surface area contributed by atoms with Gasteiger partial charge in [0.2, 0.25) is 0 Å². The van der Waals surface area contributed by atoms with Crippen molar-refractivity contribution in [1.29, 1.82) is 0 Å². The molecule has 2 heteroatoms. The molecule has 0 heterocycles. The molecule has 0 atom stereocenters. The normalized spacial score (nSPS) is 11.9. The fourth-order valence-electron chi connectivity index (χ4n) is 6.23. The highest BCUT2D eigenvalue weighted by atomic mass is 28.4. The molecule has 182 valence electrons. The zero-order chi connectivity index (χ0) is 25.7. The van der Waals surface area contributed by atoms with E-state index in [4.69, 9.17) is 6.58 Å². The van der Waals surface area contributed by atoms with Crippen LogP contribution >= 0.6 is 0 Å². The molecule has 0 unspecified atom stereocenters. The Kier molecular flexibility index (Phi) is 7.22. The second-order valence-corrected chi connectivity index (χ2v) is 19.0. The maximum absolute atomic E-state index is 4.93. The van der Waals surface area contributed by atoms with Gasteiger partial charge in [0.15, 0.2) is 0 Å². The smallest absolute Gasteiger partial charge is 0.0955 e. The lowest BCUT2D eigenvalue weighted by Gasteiger charge is -2.48. The van der Waals surface area contributed by atoms with Gasteiger partial charge in [0.1, 0.15) is 16.1 Å². The lowest BCUT2D eigenvalue weighted by atomic mass is 10.1. The number of hydrogen-bond donors (Lipinski definition) is 0. The van der Waals surface area contributed by atoms with E-state index in [2.05, 4.69) is 165 Å². The van der Waals surface area contributed by atoms with Crippen LogP contribution in [0.5, 0.6) is 0 Å². The molecule has 0 aliphatic carbocycles. The van der Waals surface area contributed by atoms with Crippen molar-refractivity contribution in [3.63, 3.8) is 0 Å². The fourth-order valence-corrected chi connectivity index (χ4v) is 20.1. The van der Waals surface area contributed by atoms with Crippen LogP contribution in [0.3, 0.4) is 0 Å². The first-order chi connectivity index (χ1) is 18.1. The summed E-state index contributed by atoms with van der Waals surface area (Å²) in [6, 6.07) is 55.9. The molecule has 0 amide bonds. The Morgan fingerprint density at radius 1 is 0.432 bits per heavy atom. The number of hydrogen-bond acceptors (Lipinski definition) is 0. The van der Waals surface area contributed by atoms with Gasteiger partial charge in [-0.05, 0) is 16.3 Å². The molecule has 0 N–H and O–H groups in total. The van der Waals surface area contributed by atoms with Crippen molar-refractivity contribution in [2.24, 2.45) is 0 Å². The largest absolute Gasteiger partial charge is 0.120 e. The third-order valence-electron chi connectivity index (χ3n) is 8.14. The van der Waals surface area contributed by atoms with Gasteiger partial charge in [-0.2, -0.15) is 0 Å². The van der Waals surface area contributed by atoms with Gasteiger partial charge >= 0.3 is 0 Å². The van der Waals surface area contributed by atoms with Crippen LogP contribution in [0.4, 0.5) is 0 Å². The molecule has 5 aromatic rings. The van der Waals surface area contributed by atoms with E-state index in [0.717, 1.165) is 0 Å². The molecule has 5 rings (SSSR count). The molecule has 0 bridgehead atoms. The van der Waals surface area contributed by atoms with Crippen LogP contribution in [0.25, 0.3) is 5.57 Å². The molecule has 0 aliphatic heterocycles. The quantitative estimate of drug-likeness (QED) is 0.212. The minimum atomic E-state index is -2.42. The summed E-state index contributed by atoms with van der Waals surface area (Å²) in [5.74, 6) is 0. The number of benzene rings is 5. The Morgan fingerprint density at radius 3 is 0.946 bits per heavy atom. The van der Waals surface area contributed by atoms with Gasteiger partial charge in [-0.1, -0.05) is 192 Å². The van der Waals surface area contributed by atoms with Crippen molar-refractivity contribution >= 4 is 42.5 Å². The molecular weight excluding hydrogens is 477 g/mol. The number of allylic oxidation sites excluding steroid dienone is 1. The van der Waals surface area contributed by atoms with E-state index in [-0.39, 0.29) is 5.16 Å². The maximum Gasteiger partial charge on any atom is 0.120 e. The van der Waals surface area contributed by atoms with Crippen molar-refractivity contribution in [1.82, 2.24) is 0 Å². The summed E-state index contributed by atoms with van der Waals surface area (Å²) in [6.45, 7) is 10.1. The fraction of sp³-hybridized carbons (Fsp3) is 0.0857. The van der Waals surface area contributed by atoms with Crippen LogP contribution in [-0.2, 0) is 0 Å². The molecular formula is C35H34Si2. The molecule has 0 fully saturated rings. The molecule has 0 saturated carbocycles. The topological polar surface area (TPSA) is 0 Å². The average Bonchev–Trinajstić information content (AvgIpc) is 2.99.